The number of carboxylic acids is 1. The molecule has 7 heteroatoms. The Kier molecular flexibility index (Phi) is 3.98. The Morgan fingerprint density at radius 2 is 2.17 bits per heavy atom. The fourth-order valence-electron chi connectivity index (χ4n) is 1.33. The van der Waals surface area contributed by atoms with Crippen LogP contribution < -0.4 is 0 Å². The maximum Gasteiger partial charge on any atom is 0.329 e. The Morgan fingerprint density at radius 1 is 1.39 bits per heavy atom. The second kappa shape index (κ2) is 5.87. The van der Waals surface area contributed by atoms with E-state index in [1.54, 1.807) is 12.4 Å². The Hall–Kier alpha value is -2.28. The first-order chi connectivity index (χ1) is 8.74. The van der Waals surface area contributed by atoms with Crippen molar-refractivity contribution in [3.63, 3.8) is 0 Å². The molecule has 1 N–H and O–H groups in total. The molecule has 0 amide bonds. The van der Waals surface area contributed by atoms with Crippen molar-refractivity contribution in [2.75, 3.05) is 6.61 Å². The van der Waals surface area contributed by atoms with Gasteiger partial charge in [0.15, 0.2) is 5.82 Å². The first kappa shape index (κ1) is 12.2. The number of hydrogen-bond donors (Lipinski definition) is 1. The van der Waals surface area contributed by atoms with Crippen LogP contribution in [0.15, 0.2) is 29.0 Å². The summed E-state index contributed by atoms with van der Waals surface area (Å²) in [4.78, 5) is 18.2. The first-order valence-electron chi connectivity index (χ1n) is 5.24. The standard InChI is InChI=1S/C11H11N3O4/c15-11(16)7-17-6-10-13-9(14-18-10)5-8-1-3-12-4-2-8/h1-4H,5-7H2,(H,15,16). The summed E-state index contributed by atoms with van der Waals surface area (Å²) < 4.78 is 9.76. The van der Waals surface area contributed by atoms with Crippen LogP contribution in [-0.4, -0.2) is 32.8 Å². The van der Waals surface area contributed by atoms with E-state index in [0.717, 1.165) is 5.56 Å². The van der Waals surface area contributed by atoms with E-state index in [0.29, 0.717) is 12.2 Å². The van der Waals surface area contributed by atoms with Gasteiger partial charge in [-0.1, -0.05) is 5.16 Å². The number of carboxylic acid groups (broad SMARTS) is 1. The number of pyridine rings is 1. The highest BCUT2D eigenvalue weighted by Crippen LogP contribution is 2.06. The summed E-state index contributed by atoms with van der Waals surface area (Å²) in [6.45, 7) is -0.391. The zero-order valence-electron chi connectivity index (χ0n) is 9.44. The van der Waals surface area contributed by atoms with Gasteiger partial charge in [0.05, 0.1) is 0 Å². The lowest BCUT2D eigenvalue weighted by atomic mass is 10.2. The first-order valence-corrected chi connectivity index (χ1v) is 5.24. The number of carbonyl (C=O) groups is 1. The predicted molar refractivity (Wildman–Crippen MR) is 58.6 cm³/mol. The van der Waals surface area contributed by atoms with E-state index in [4.69, 9.17) is 14.4 Å². The van der Waals surface area contributed by atoms with Crippen LogP contribution in [0.3, 0.4) is 0 Å². The lowest BCUT2D eigenvalue weighted by Gasteiger charge is -1.95. The Bertz CT molecular complexity index is 512. The predicted octanol–water partition coefficient (Wildman–Crippen LogP) is 0.657. The molecule has 7 nitrogen and oxygen atoms in total. The lowest BCUT2D eigenvalue weighted by Crippen LogP contribution is -2.06. The highest BCUT2D eigenvalue weighted by Gasteiger charge is 2.08. The van der Waals surface area contributed by atoms with Gasteiger partial charge in [-0.05, 0) is 17.7 Å². The minimum absolute atomic E-state index is 0.00432. The van der Waals surface area contributed by atoms with Gasteiger partial charge in [-0.3, -0.25) is 4.98 Å². The van der Waals surface area contributed by atoms with Crippen LogP contribution in [0.2, 0.25) is 0 Å². The van der Waals surface area contributed by atoms with Gasteiger partial charge in [-0.2, -0.15) is 4.98 Å². The molecule has 2 aromatic rings. The van der Waals surface area contributed by atoms with E-state index < -0.39 is 5.97 Å². The van der Waals surface area contributed by atoms with E-state index >= 15 is 0 Å². The highest BCUT2D eigenvalue weighted by molar-refractivity contribution is 5.67. The molecule has 94 valence electrons. The molecule has 0 bridgehead atoms. The van der Waals surface area contributed by atoms with Gasteiger partial charge in [-0.15, -0.1) is 0 Å². The summed E-state index contributed by atoms with van der Waals surface area (Å²) in [6, 6.07) is 3.72. The molecule has 0 unspecified atom stereocenters. The molecule has 0 aromatic carbocycles. The molecule has 0 aliphatic carbocycles. The molecule has 0 radical (unpaired) electrons. The van der Waals surface area contributed by atoms with Gasteiger partial charge < -0.3 is 14.4 Å². The number of ether oxygens (including phenoxy) is 1. The number of aliphatic carboxylic acids is 1. The quantitative estimate of drug-likeness (QED) is 0.802. The van der Waals surface area contributed by atoms with Crippen molar-refractivity contribution in [1.29, 1.82) is 0 Å². The van der Waals surface area contributed by atoms with E-state index in [2.05, 4.69) is 15.1 Å². The maximum atomic E-state index is 10.2. The molecule has 2 rings (SSSR count). The van der Waals surface area contributed by atoms with E-state index in [9.17, 15) is 4.79 Å². The Balaban J connectivity index is 1.88. The maximum absolute atomic E-state index is 10.2. The molecule has 18 heavy (non-hydrogen) atoms. The van der Waals surface area contributed by atoms with Crippen LogP contribution in [0.1, 0.15) is 17.3 Å². The van der Waals surface area contributed by atoms with Crippen molar-refractivity contribution in [2.45, 2.75) is 13.0 Å². The molecule has 0 aliphatic rings. The number of rotatable bonds is 6. The fourth-order valence-corrected chi connectivity index (χ4v) is 1.33. The molecule has 0 fully saturated rings. The van der Waals surface area contributed by atoms with Crippen LogP contribution >= 0.6 is 0 Å². The minimum Gasteiger partial charge on any atom is -0.480 e. The summed E-state index contributed by atoms with van der Waals surface area (Å²) in [7, 11) is 0. The summed E-state index contributed by atoms with van der Waals surface area (Å²) in [5.41, 5.74) is 1.02. The molecule has 2 heterocycles. The third-order valence-corrected chi connectivity index (χ3v) is 2.07. The van der Waals surface area contributed by atoms with Crippen molar-refractivity contribution in [2.24, 2.45) is 0 Å². The second-order valence-corrected chi connectivity index (χ2v) is 3.52. The largest absolute Gasteiger partial charge is 0.480 e. The van der Waals surface area contributed by atoms with Crippen LogP contribution in [-0.2, 0) is 22.6 Å². The molecular weight excluding hydrogens is 238 g/mol. The molecule has 0 saturated carbocycles. The van der Waals surface area contributed by atoms with Gasteiger partial charge in [0.25, 0.3) is 5.89 Å². The number of hydrogen-bond acceptors (Lipinski definition) is 6. The molecule has 0 spiro atoms. The average molecular weight is 249 g/mol. The monoisotopic (exact) mass is 249 g/mol. The van der Waals surface area contributed by atoms with Gasteiger partial charge in [0.2, 0.25) is 0 Å². The van der Waals surface area contributed by atoms with Crippen LogP contribution in [0, 0.1) is 0 Å². The summed E-state index contributed by atoms with van der Waals surface area (Å²) in [5, 5.41) is 12.2. The SMILES string of the molecule is O=C(O)COCc1nc(Cc2ccncc2)no1. The van der Waals surface area contributed by atoms with Gasteiger partial charge >= 0.3 is 5.97 Å². The summed E-state index contributed by atoms with van der Waals surface area (Å²) in [6.07, 6.45) is 3.91. The fraction of sp³-hybridized carbons (Fsp3) is 0.273. The van der Waals surface area contributed by atoms with Crippen molar-refractivity contribution in [3.05, 3.63) is 41.8 Å². The lowest BCUT2D eigenvalue weighted by molar-refractivity contribution is -0.142. The molecule has 0 aliphatic heterocycles. The normalized spacial score (nSPS) is 10.4. The van der Waals surface area contributed by atoms with Crippen LogP contribution in [0.25, 0.3) is 0 Å². The van der Waals surface area contributed by atoms with Gasteiger partial charge in [-0.25, -0.2) is 4.79 Å². The number of nitrogens with zero attached hydrogens (tertiary/aromatic N) is 3. The third-order valence-electron chi connectivity index (χ3n) is 2.07. The van der Waals surface area contributed by atoms with E-state index in [-0.39, 0.29) is 19.1 Å². The Labute approximate surface area is 102 Å². The summed E-state index contributed by atoms with van der Waals surface area (Å²) in [5.74, 6) is -0.248. The van der Waals surface area contributed by atoms with E-state index in [1.165, 1.54) is 0 Å². The molecule has 0 atom stereocenters. The van der Waals surface area contributed by atoms with Crippen molar-refractivity contribution in [3.8, 4) is 0 Å². The van der Waals surface area contributed by atoms with Gasteiger partial charge in [0, 0.05) is 18.8 Å². The van der Waals surface area contributed by atoms with Crippen molar-refractivity contribution < 1.29 is 19.2 Å². The molecular formula is C11H11N3O4. The van der Waals surface area contributed by atoms with Crippen molar-refractivity contribution in [1.82, 2.24) is 15.1 Å². The van der Waals surface area contributed by atoms with Crippen LogP contribution in [0.5, 0.6) is 0 Å². The van der Waals surface area contributed by atoms with Crippen molar-refractivity contribution >= 4 is 5.97 Å². The average Bonchev–Trinajstić information content (AvgIpc) is 2.78. The number of aromatic nitrogens is 3. The van der Waals surface area contributed by atoms with E-state index in [1.807, 2.05) is 12.1 Å². The molecule has 0 saturated heterocycles. The van der Waals surface area contributed by atoms with Crippen LogP contribution in [0.4, 0.5) is 0 Å². The zero-order chi connectivity index (χ0) is 12.8. The topological polar surface area (TPSA) is 98.3 Å². The second-order valence-electron chi connectivity index (χ2n) is 3.52. The zero-order valence-corrected chi connectivity index (χ0v) is 9.44. The third kappa shape index (κ3) is 3.63. The Morgan fingerprint density at radius 3 is 2.89 bits per heavy atom. The summed E-state index contributed by atoms with van der Waals surface area (Å²) >= 11 is 0. The highest BCUT2D eigenvalue weighted by atomic mass is 16.5. The molecule has 2 aromatic heterocycles. The smallest absolute Gasteiger partial charge is 0.329 e. The minimum atomic E-state index is -1.04. The van der Waals surface area contributed by atoms with Gasteiger partial charge in [0.1, 0.15) is 13.2 Å².